The quantitative estimate of drug-likeness (QED) is 0.662. The molecule has 0 unspecified atom stereocenters. The zero-order valence-corrected chi connectivity index (χ0v) is 9.89. The highest BCUT2D eigenvalue weighted by atomic mass is 79.9. The van der Waals surface area contributed by atoms with Gasteiger partial charge >= 0.3 is 0 Å². The van der Waals surface area contributed by atoms with Crippen molar-refractivity contribution in [1.82, 2.24) is 0 Å². The topological polar surface area (TPSA) is 0 Å². The summed E-state index contributed by atoms with van der Waals surface area (Å²) in [5.41, 5.74) is 0. The van der Waals surface area contributed by atoms with Crippen molar-refractivity contribution >= 4 is 29.2 Å². The van der Waals surface area contributed by atoms with E-state index in [1.54, 1.807) is 5.19 Å². The molecule has 0 aromatic heterocycles. The van der Waals surface area contributed by atoms with Crippen LogP contribution in [0.15, 0.2) is 28.7 Å². The molecule has 1 fully saturated rings. The van der Waals surface area contributed by atoms with E-state index in [4.69, 9.17) is 0 Å². The Morgan fingerprint density at radius 2 is 1.75 bits per heavy atom. The average molecular weight is 241 g/mol. The normalized spacial score (nSPS) is 20.2. The summed E-state index contributed by atoms with van der Waals surface area (Å²) in [6.07, 6.45) is 1.46. The van der Waals surface area contributed by atoms with Crippen molar-refractivity contribution in [2.24, 2.45) is 0 Å². The van der Waals surface area contributed by atoms with Gasteiger partial charge in [-0.15, -0.1) is 0 Å². The standard InChI is InChI=1S/C10H13BrSi/c1-12(7-2-8-12)10-5-3-9(11)4-6-10/h3-6H,2,7-8H2,1H3. The maximum Gasteiger partial charge on any atom is 0.0836 e. The molecule has 1 aromatic rings. The predicted octanol–water partition coefficient (Wildman–Crippen LogP) is 3.14. The summed E-state index contributed by atoms with van der Waals surface area (Å²) in [6.45, 7) is 2.50. The number of hydrogen-bond acceptors (Lipinski definition) is 0. The summed E-state index contributed by atoms with van der Waals surface area (Å²) in [5.74, 6) is 0. The van der Waals surface area contributed by atoms with E-state index in [0.717, 1.165) is 0 Å². The fraction of sp³-hybridized carbons (Fsp3) is 0.400. The first-order chi connectivity index (χ1) is 5.71. The van der Waals surface area contributed by atoms with Crippen molar-refractivity contribution in [2.45, 2.75) is 25.1 Å². The van der Waals surface area contributed by atoms with Gasteiger partial charge in [0.1, 0.15) is 0 Å². The lowest BCUT2D eigenvalue weighted by atomic mass is 10.4. The third kappa shape index (κ3) is 1.38. The Morgan fingerprint density at radius 3 is 2.17 bits per heavy atom. The van der Waals surface area contributed by atoms with Crippen molar-refractivity contribution in [2.75, 3.05) is 0 Å². The van der Waals surface area contributed by atoms with Gasteiger partial charge in [0.2, 0.25) is 0 Å². The Balaban J connectivity index is 2.28. The zero-order valence-electron chi connectivity index (χ0n) is 7.31. The van der Waals surface area contributed by atoms with Gasteiger partial charge in [-0.05, 0) is 12.1 Å². The van der Waals surface area contributed by atoms with Gasteiger partial charge in [0.05, 0.1) is 8.07 Å². The van der Waals surface area contributed by atoms with Gasteiger partial charge < -0.3 is 0 Å². The highest BCUT2D eigenvalue weighted by molar-refractivity contribution is 9.10. The molecule has 0 amide bonds. The third-order valence-electron chi connectivity index (χ3n) is 3.00. The molecule has 1 aliphatic heterocycles. The van der Waals surface area contributed by atoms with Crippen LogP contribution in [-0.4, -0.2) is 8.07 Å². The molecule has 0 N–H and O–H groups in total. The second-order valence-corrected chi connectivity index (χ2v) is 9.54. The lowest BCUT2D eigenvalue weighted by molar-refractivity contribution is 0.917. The van der Waals surface area contributed by atoms with Gasteiger partial charge in [-0.3, -0.25) is 0 Å². The van der Waals surface area contributed by atoms with E-state index >= 15 is 0 Å². The van der Waals surface area contributed by atoms with Crippen LogP contribution < -0.4 is 5.19 Å². The lowest BCUT2D eigenvalue weighted by Crippen LogP contribution is -2.50. The average Bonchev–Trinajstić information content (AvgIpc) is 2.02. The number of rotatable bonds is 1. The Bertz CT molecular complexity index is 274. The lowest BCUT2D eigenvalue weighted by Gasteiger charge is -2.36. The molecule has 2 heteroatoms. The molecule has 64 valence electrons. The van der Waals surface area contributed by atoms with Gasteiger partial charge in [0.25, 0.3) is 0 Å². The van der Waals surface area contributed by atoms with E-state index in [2.05, 4.69) is 46.7 Å². The first-order valence-electron chi connectivity index (χ1n) is 4.47. The molecule has 1 aromatic carbocycles. The molecule has 0 nitrogen and oxygen atoms in total. The van der Waals surface area contributed by atoms with Crippen molar-refractivity contribution < 1.29 is 0 Å². The fourth-order valence-electron chi connectivity index (χ4n) is 1.85. The van der Waals surface area contributed by atoms with Gasteiger partial charge in [0, 0.05) is 4.47 Å². The van der Waals surface area contributed by atoms with Crippen LogP contribution in [0.2, 0.25) is 18.6 Å². The molecular formula is C10H13BrSi. The first-order valence-corrected chi connectivity index (χ1v) is 8.17. The second-order valence-electron chi connectivity index (χ2n) is 3.92. The molecule has 1 heterocycles. The van der Waals surface area contributed by atoms with Gasteiger partial charge in [-0.25, -0.2) is 0 Å². The van der Waals surface area contributed by atoms with Crippen LogP contribution in [0.3, 0.4) is 0 Å². The number of benzene rings is 1. The van der Waals surface area contributed by atoms with Crippen molar-refractivity contribution in [3.8, 4) is 0 Å². The largest absolute Gasteiger partial charge is 0.0836 e. The van der Waals surface area contributed by atoms with Crippen LogP contribution in [0.25, 0.3) is 0 Å². The Labute approximate surface area is 83.1 Å². The molecule has 1 aliphatic rings. The van der Waals surface area contributed by atoms with E-state index in [-0.39, 0.29) is 0 Å². The minimum Gasteiger partial charge on any atom is -0.0652 e. The smallest absolute Gasteiger partial charge is 0.0652 e. The van der Waals surface area contributed by atoms with E-state index in [1.807, 2.05) is 0 Å². The molecule has 0 bridgehead atoms. The minimum atomic E-state index is -0.917. The maximum absolute atomic E-state index is 3.47. The van der Waals surface area contributed by atoms with Gasteiger partial charge in [-0.1, -0.05) is 58.3 Å². The summed E-state index contributed by atoms with van der Waals surface area (Å²) in [5, 5.41) is 1.64. The van der Waals surface area contributed by atoms with Gasteiger partial charge in [0.15, 0.2) is 0 Å². The predicted molar refractivity (Wildman–Crippen MR) is 59.6 cm³/mol. The third-order valence-corrected chi connectivity index (χ3v) is 8.17. The van der Waals surface area contributed by atoms with Crippen LogP contribution in [0, 0.1) is 0 Å². The molecule has 1 saturated heterocycles. The number of hydrogen-bond donors (Lipinski definition) is 0. The van der Waals surface area contributed by atoms with Crippen molar-refractivity contribution in [3.05, 3.63) is 28.7 Å². The highest BCUT2D eigenvalue weighted by Gasteiger charge is 2.35. The second kappa shape index (κ2) is 3.00. The fourth-order valence-corrected chi connectivity index (χ4v) is 5.08. The van der Waals surface area contributed by atoms with E-state index < -0.39 is 8.07 Å². The molecule has 0 radical (unpaired) electrons. The molecular weight excluding hydrogens is 228 g/mol. The molecule has 2 rings (SSSR count). The summed E-state index contributed by atoms with van der Waals surface area (Å²) in [6, 6.07) is 11.9. The minimum absolute atomic E-state index is 0.917. The molecule has 12 heavy (non-hydrogen) atoms. The zero-order chi connectivity index (χ0) is 8.60. The molecule has 0 saturated carbocycles. The van der Waals surface area contributed by atoms with Crippen molar-refractivity contribution in [1.29, 1.82) is 0 Å². The van der Waals surface area contributed by atoms with Crippen LogP contribution in [0.4, 0.5) is 0 Å². The van der Waals surface area contributed by atoms with Crippen LogP contribution in [0.5, 0.6) is 0 Å². The van der Waals surface area contributed by atoms with Crippen LogP contribution in [0.1, 0.15) is 6.42 Å². The summed E-state index contributed by atoms with van der Waals surface area (Å²) >= 11 is 3.47. The Kier molecular flexibility index (Phi) is 2.13. The maximum atomic E-state index is 3.47. The monoisotopic (exact) mass is 240 g/mol. The van der Waals surface area contributed by atoms with Crippen LogP contribution >= 0.6 is 15.9 Å². The van der Waals surface area contributed by atoms with E-state index in [1.165, 1.54) is 23.0 Å². The first kappa shape index (κ1) is 8.51. The summed E-state index contributed by atoms with van der Waals surface area (Å²) in [4.78, 5) is 0. The Morgan fingerprint density at radius 1 is 1.17 bits per heavy atom. The molecule has 0 aliphatic carbocycles. The van der Waals surface area contributed by atoms with Gasteiger partial charge in [-0.2, -0.15) is 0 Å². The molecule has 0 spiro atoms. The number of halogens is 1. The summed E-state index contributed by atoms with van der Waals surface area (Å²) in [7, 11) is -0.917. The SMILES string of the molecule is C[Si]1(c2ccc(Br)cc2)CCC1. The highest BCUT2D eigenvalue weighted by Crippen LogP contribution is 2.31. The van der Waals surface area contributed by atoms with E-state index in [9.17, 15) is 0 Å². The molecule has 0 atom stereocenters. The van der Waals surface area contributed by atoms with E-state index in [0.29, 0.717) is 0 Å². The van der Waals surface area contributed by atoms with Crippen LogP contribution in [-0.2, 0) is 0 Å². The Hall–Kier alpha value is -0.0831. The summed E-state index contributed by atoms with van der Waals surface area (Å²) < 4.78 is 1.20. The van der Waals surface area contributed by atoms with Crippen molar-refractivity contribution in [3.63, 3.8) is 0 Å².